The molecule has 2 N–H and O–H groups in total. The Labute approximate surface area is 119 Å². The molecule has 7 heteroatoms. The molecule has 0 saturated heterocycles. The second-order valence-electron chi connectivity index (χ2n) is 4.10. The largest absolute Gasteiger partial charge is 0.478 e. The average molecular weight is 299 g/mol. The molecule has 1 rings (SSSR count). The van der Waals surface area contributed by atoms with Crippen molar-refractivity contribution in [1.29, 1.82) is 0 Å². The summed E-state index contributed by atoms with van der Waals surface area (Å²) in [6.45, 7) is 1.56. The van der Waals surface area contributed by atoms with Crippen molar-refractivity contribution in [2.75, 3.05) is 6.54 Å². The number of alkyl halides is 3. The van der Waals surface area contributed by atoms with E-state index in [4.69, 9.17) is 5.11 Å². The molecule has 0 aliphatic heterocycles. The van der Waals surface area contributed by atoms with E-state index in [0.717, 1.165) is 6.07 Å². The van der Waals surface area contributed by atoms with Crippen LogP contribution in [0, 0.1) is 11.8 Å². The van der Waals surface area contributed by atoms with Crippen molar-refractivity contribution in [2.45, 2.75) is 19.5 Å². The number of nitrogens with one attached hydrogen (secondary N) is 1. The third kappa shape index (κ3) is 5.18. The number of carboxylic acid groups (broad SMARTS) is 1. The van der Waals surface area contributed by atoms with E-state index in [-0.39, 0.29) is 30.0 Å². The van der Waals surface area contributed by atoms with Crippen LogP contribution in [-0.2, 0) is 11.0 Å². The van der Waals surface area contributed by atoms with Gasteiger partial charge in [-0.15, -0.1) is 0 Å². The lowest BCUT2D eigenvalue weighted by Gasteiger charge is -2.08. The molecular weight excluding hydrogens is 287 g/mol. The van der Waals surface area contributed by atoms with Crippen LogP contribution >= 0.6 is 0 Å². The molecule has 4 nitrogen and oxygen atoms in total. The summed E-state index contributed by atoms with van der Waals surface area (Å²) < 4.78 is 37.8. The van der Waals surface area contributed by atoms with Crippen molar-refractivity contribution in [3.8, 4) is 11.8 Å². The number of hydrogen-bond donors (Lipinski definition) is 2. The first-order chi connectivity index (χ1) is 9.71. The molecule has 0 fully saturated rings. The molecule has 0 aliphatic carbocycles. The quantitative estimate of drug-likeness (QED) is 0.664. The van der Waals surface area contributed by atoms with Gasteiger partial charge in [-0.1, -0.05) is 11.8 Å². The fourth-order valence-electron chi connectivity index (χ4n) is 1.47. The number of amides is 1. The first kappa shape index (κ1) is 16.6. The van der Waals surface area contributed by atoms with Gasteiger partial charge in [0.2, 0.25) is 5.91 Å². The standard InChI is InChI=1S/C14H12F3NO3/c1-9(19)18-7-3-2-4-10-8-11(14(15,16)17)5-6-12(10)13(20)21/h5-6,8H,3,7H2,1H3,(H,18,19)(H,20,21). The minimum atomic E-state index is -4.57. The molecule has 0 saturated carbocycles. The maximum atomic E-state index is 12.6. The Morgan fingerprint density at radius 1 is 1.33 bits per heavy atom. The highest BCUT2D eigenvalue weighted by atomic mass is 19.4. The van der Waals surface area contributed by atoms with Gasteiger partial charge >= 0.3 is 12.1 Å². The zero-order chi connectivity index (χ0) is 16.0. The van der Waals surface area contributed by atoms with Gasteiger partial charge in [0.15, 0.2) is 0 Å². The van der Waals surface area contributed by atoms with Gasteiger partial charge in [0.25, 0.3) is 0 Å². The molecule has 0 aliphatic rings. The van der Waals surface area contributed by atoms with Gasteiger partial charge in [0.1, 0.15) is 0 Å². The van der Waals surface area contributed by atoms with Gasteiger partial charge in [-0.05, 0) is 18.2 Å². The number of aromatic carboxylic acids is 1. The van der Waals surface area contributed by atoms with Crippen molar-refractivity contribution >= 4 is 11.9 Å². The van der Waals surface area contributed by atoms with Crippen molar-refractivity contribution < 1.29 is 27.9 Å². The summed E-state index contributed by atoms with van der Waals surface area (Å²) in [5.74, 6) is 3.33. The molecule has 0 bridgehead atoms. The van der Waals surface area contributed by atoms with Crippen LogP contribution in [0.5, 0.6) is 0 Å². The molecule has 0 spiro atoms. The lowest BCUT2D eigenvalue weighted by Crippen LogP contribution is -2.20. The molecule has 0 unspecified atom stereocenters. The Kier molecular flexibility index (Phi) is 5.36. The minimum Gasteiger partial charge on any atom is -0.478 e. The third-order valence-corrected chi connectivity index (χ3v) is 2.42. The fraction of sp³-hybridized carbons (Fsp3) is 0.286. The van der Waals surface area contributed by atoms with Crippen LogP contribution < -0.4 is 5.32 Å². The Bertz CT molecular complexity index is 612. The van der Waals surface area contributed by atoms with Gasteiger partial charge < -0.3 is 10.4 Å². The summed E-state index contributed by atoms with van der Waals surface area (Å²) in [6.07, 6.45) is -4.36. The highest BCUT2D eigenvalue weighted by Crippen LogP contribution is 2.30. The maximum Gasteiger partial charge on any atom is 0.416 e. The van der Waals surface area contributed by atoms with E-state index in [1.54, 1.807) is 0 Å². The van der Waals surface area contributed by atoms with E-state index in [2.05, 4.69) is 17.2 Å². The van der Waals surface area contributed by atoms with Crippen molar-refractivity contribution in [3.63, 3.8) is 0 Å². The van der Waals surface area contributed by atoms with Crippen molar-refractivity contribution in [2.24, 2.45) is 0 Å². The van der Waals surface area contributed by atoms with E-state index in [1.807, 2.05) is 0 Å². The first-order valence-electron chi connectivity index (χ1n) is 5.89. The first-order valence-corrected chi connectivity index (χ1v) is 5.89. The third-order valence-electron chi connectivity index (χ3n) is 2.42. The zero-order valence-electron chi connectivity index (χ0n) is 11.0. The van der Waals surface area contributed by atoms with Crippen LogP contribution in [0.4, 0.5) is 13.2 Å². The molecular formula is C14H12F3NO3. The molecule has 0 radical (unpaired) electrons. The van der Waals surface area contributed by atoms with Crippen LogP contribution in [-0.4, -0.2) is 23.5 Å². The molecule has 112 valence electrons. The van der Waals surface area contributed by atoms with Gasteiger partial charge in [-0.2, -0.15) is 13.2 Å². The van der Waals surface area contributed by atoms with Crippen LogP contribution in [0.3, 0.4) is 0 Å². The number of halogens is 3. The van der Waals surface area contributed by atoms with Crippen LogP contribution in [0.1, 0.15) is 34.8 Å². The van der Waals surface area contributed by atoms with Crippen LogP contribution in [0.25, 0.3) is 0 Å². The van der Waals surface area contributed by atoms with E-state index in [9.17, 15) is 22.8 Å². The summed E-state index contributed by atoms with van der Waals surface area (Å²) in [7, 11) is 0. The smallest absolute Gasteiger partial charge is 0.416 e. The van der Waals surface area contributed by atoms with E-state index >= 15 is 0 Å². The number of carbonyl (C=O) groups is 2. The van der Waals surface area contributed by atoms with Gasteiger partial charge in [0.05, 0.1) is 11.1 Å². The predicted octanol–water partition coefficient (Wildman–Crippen LogP) is 2.28. The van der Waals surface area contributed by atoms with Gasteiger partial charge in [-0.25, -0.2) is 4.79 Å². The topological polar surface area (TPSA) is 66.4 Å². The maximum absolute atomic E-state index is 12.6. The second-order valence-corrected chi connectivity index (χ2v) is 4.10. The van der Waals surface area contributed by atoms with E-state index < -0.39 is 17.7 Å². The Balaban J connectivity index is 3.00. The molecule has 0 heterocycles. The highest BCUT2D eigenvalue weighted by Gasteiger charge is 2.31. The Morgan fingerprint density at radius 3 is 2.52 bits per heavy atom. The average Bonchev–Trinajstić information content (AvgIpc) is 2.36. The number of rotatable bonds is 3. The molecule has 1 aromatic rings. The minimum absolute atomic E-state index is 0.203. The van der Waals surface area contributed by atoms with E-state index in [0.29, 0.717) is 12.1 Å². The highest BCUT2D eigenvalue weighted by molar-refractivity contribution is 5.90. The molecule has 0 atom stereocenters. The predicted molar refractivity (Wildman–Crippen MR) is 68.6 cm³/mol. The SMILES string of the molecule is CC(=O)NCCC#Cc1cc(C(F)(F)F)ccc1C(=O)O. The van der Waals surface area contributed by atoms with Gasteiger partial charge in [0, 0.05) is 25.5 Å². The molecule has 0 aromatic heterocycles. The monoisotopic (exact) mass is 299 g/mol. The fourth-order valence-corrected chi connectivity index (χ4v) is 1.47. The summed E-state index contributed by atoms with van der Waals surface area (Å²) in [5.41, 5.74) is -1.46. The van der Waals surface area contributed by atoms with Crippen LogP contribution in [0.15, 0.2) is 18.2 Å². The number of carboxylic acids is 1. The normalized spacial score (nSPS) is 10.5. The van der Waals surface area contributed by atoms with Crippen molar-refractivity contribution in [3.05, 3.63) is 34.9 Å². The van der Waals surface area contributed by atoms with Gasteiger partial charge in [-0.3, -0.25) is 4.79 Å². The van der Waals surface area contributed by atoms with Crippen molar-refractivity contribution in [1.82, 2.24) is 5.32 Å². The molecule has 21 heavy (non-hydrogen) atoms. The number of hydrogen-bond acceptors (Lipinski definition) is 2. The number of carbonyl (C=O) groups excluding carboxylic acids is 1. The van der Waals surface area contributed by atoms with E-state index in [1.165, 1.54) is 6.92 Å². The summed E-state index contributed by atoms with van der Waals surface area (Å²) >= 11 is 0. The lowest BCUT2D eigenvalue weighted by atomic mass is 10.0. The zero-order valence-corrected chi connectivity index (χ0v) is 11.0. The summed E-state index contributed by atoms with van der Waals surface area (Å²) in [5, 5.41) is 11.4. The lowest BCUT2D eigenvalue weighted by molar-refractivity contribution is -0.137. The molecule has 1 amide bonds. The number of benzene rings is 1. The second kappa shape index (κ2) is 6.79. The Morgan fingerprint density at radius 2 is 2.00 bits per heavy atom. The Hall–Kier alpha value is -2.49. The van der Waals surface area contributed by atoms with Crippen LogP contribution in [0.2, 0.25) is 0 Å². The summed E-state index contributed by atoms with van der Waals surface area (Å²) in [6, 6.07) is 2.28. The summed E-state index contributed by atoms with van der Waals surface area (Å²) in [4.78, 5) is 21.6. The molecule has 1 aromatic carbocycles.